The van der Waals surface area contributed by atoms with Crippen LogP contribution in [0.2, 0.25) is 0 Å². The van der Waals surface area contributed by atoms with Gasteiger partial charge in [0.1, 0.15) is 5.52 Å². The van der Waals surface area contributed by atoms with Gasteiger partial charge in [0.2, 0.25) is 0 Å². The smallest absolute Gasteiger partial charge is 0.328 e. The fraction of sp³-hybridized carbons (Fsp3) is 0.333. The second-order valence-electron chi connectivity index (χ2n) is 4.16. The van der Waals surface area contributed by atoms with Crippen molar-refractivity contribution in [2.45, 2.75) is 19.5 Å². The van der Waals surface area contributed by atoms with E-state index in [9.17, 15) is 9.59 Å². The number of fused-ring (bicyclic) bond motifs is 1. The van der Waals surface area contributed by atoms with Crippen molar-refractivity contribution >= 4 is 22.9 Å². The van der Waals surface area contributed by atoms with E-state index in [1.165, 1.54) is 6.07 Å². The van der Waals surface area contributed by atoms with Crippen LogP contribution in [0.4, 0.5) is 0 Å². The van der Waals surface area contributed by atoms with Gasteiger partial charge in [0, 0.05) is 12.1 Å². The number of hydrogen-bond donors (Lipinski definition) is 3. The summed E-state index contributed by atoms with van der Waals surface area (Å²) in [5.74, 6) is -1.88. The fourth-order valence-corrected chi connectivity index (χ4v) is 1.77. The molecule has 0 unspecified atom stereocenters. The van der Waals surface area contributed by atoms with Crippen LogP contribution in [0.5, 0.6) is 0 Å². The number of carbonyl (C=O) groups is 2. The van der Waals surface area contributed by atoms with E-state index in [-0.39, 0.29) is 5.56 Å². The lowest BCUT2D eigenvalue weighted by molar-refractivity contribution is -0.140. The molecule has 20 heavy (non-hydrogen) atoms. The molecule has 2 aromatic rings. The lowest BCUT2D eigenvalue weighted by atomic mass is 10.1. The average molecular weight is 278 g/mol. The van der Waals surface area contributed by atoms with Gasteiger partial charge in [-0.1, -0.05) is 5.21 Å². The number of nitrogens with one attached hydrogen (secondary N) is 1. The molecule has 0 spiro atoms. The van der Waals surface area contributed by atoms with Gasteiger partial charge in [-0.15, -0.1) is 5.10 Å². The first-order valence-electron chi connectivity index (χ1n) is 6.04. The van der Waals surface area contributed by atoms with Crippen LogP contribution in [0.15, 0.2) is 18.2 Å². The number of rotatable bonds is 5. The van der Waals surface area contributed by atoms with Crippen LogP contribution in [-0.4, -0.2) is 49.7 Å². The molecule has 0 radical (unpaired) electrons. The standard InChI is InChI=1S/C12H14N4O4/c1-2-16-10-4-3-7(5-8(10)14-15-16)11(18)13-9(6-17)12(19)20/h3-5,9,17H,2,6H2,1H3,(H,13,18)(H,19,20)/t9-/m1/s1. The first kappa shape index (κ1) is 13.9. The third-order valence-corrected chi connectivity index (χ3v) is 2.86. The number of carboxylic acid groups (broad SMARTS) is 1. The number of nitrogens with zero attached hydrogens (tertiary/aromatic N) is 3. The number of carboxylic acids is 1. The number of aliphatic carboxylic acids is 1. The summed E-state index contributed by atoms with van der Waals surface area (Å²) in [6.07, 6.45) is 0. The van der Waals surface area contributed by atoms with Crippen LogP contribution < -0.4 is 5.32 Å². The van der Waals surface area contributed by atoms with E-state index in [0.29, 0.717) is 12.1 Å². The molecule has 1 amide bonds. The Kier molecular flexibility index (Phi) is 3.94. The summed E-state index contributed by atoms with van der Waals surface area (Å²) < 4.78 is 1.69. The molecular weight excluding hydrogens is 264 g/mol. The maximum absolute atomic E-state index is 11.9. The van der Waals surface area contributed by atoms with Gasteiger partial charge < -0.3 is 15.5 Å². The van der Waals surface area contributed by atoms with Crippen LogP contribution in [0, 0.1) is 0 Å². The summed E-state index contributed by atoms with van der Waals surface area (Å²) in [6.45, 7) is 1.91. The third kappa shape index (κ3) is 2.59. The number of aliphatic hydroxyl groups excluding tert-OH is 1. The highest BCUT2D eigenvalue weighted by molar-refractivity contribution is 5.99. The topological polar surface area (TPSA) is 117 Å². The van der Waals surface area contributed by atoms with Gasteiger partial charge in [-0.25, -0.2) is 9.48 Å². The van der Waals surface area contributed by atoms with Crippen LogP contribution >= 0.6 is 0 Å². The van der Waals surface area contributed by atoms with Gasteiger partial charge in [0.25, 0.3) is 5.91 Å². The Morgan fingerprint density at radius 1 is 1.45 bits per heavy atom. The highest BCUT2D eigenvalue weighted by atomic mass is 16.4. The molecule has 3 N–H and O–H groups in total. The molecular formula is C12H14N4O4. The summed E-state index contributed by atoms with van der Waals surface area (Å²) in [5, 5.41) is 27.7. The van der Waals surface area contributed by atoms with Crippen LogP contribution in [0.25, 0.3) is 11.0 Å². The Balaban J connectivity index is 2.24. The second-order valence-corrected chi connectivity index (χ2v) is 4.16. The lowest BCUT2D eigenvalue weighted by Gasteiger charge is -2.11. The minimum atomic E-state index is -1.33. The highest BCUT2D eigenvalue weighted by Crippen LogP contribution is 2.13. The summed E-state index contributed by atoms with van der Waals surface area (Å²) in [6, 6.07) is 3.45. The quantitative estimate of drug-likeness (QED) is 0.686. The molecule has 0 saturated carbocycles. The van der Waals surface area contributed by atoms with Crippen LogP contribution in [0.1, 0.15) is 17.3 Å². The predicted molar refractivity (Wildman–Crippen MR) is 69.2 cm³/mol. The lowest BCUT2D eigenvalue weighted by Crippen LogP contribution is -2.43. The third-order valence-electron chi connectivity index (χ3n) is 2.86. The predicted octanol–water partition coefficient (Wildman–Crippen LogP) is -0.374. The fourth-order valence-electron chi connectivity index (χ4n) is 1.77. The molecule has 0 aliphatic rings. The van der Waals surface area contributed by atoms with E-state index >= 15 is 0 Å². The highest BCUT2D eigenvalue weighted by Gasteiger charge is 2.20. The molecule has 1 atom stereocenters. The largest absolute Gasteiger partial charge is 0.480 e. The van der Waals surface area contributed by atoms with E-state index in [2.05, 4.69) is 15.6 Å². The SMILES string of the molecule is CCn1nnc2cc(C(=O)N[C@H](CO)C(=O)O)ccc21. The maximum Gasteiger partial charge on any atom is 0.328 e. The number of carbonyl (C=O) groups excluding carboxylic acids is 1. The molecule has 8 nitrogen and oxygen atoms in total. The minimum Gasteiger partial charge on any atom is -0.480 e. The molecule has 0 saturated heterocycles. The molecule has 0 aliphatic carbocycles. The van der Waals surface area contributed by atoms with Gasteiger partial charge in [-0.3, -0.25) is 4.79 Å². The normalized spacial score (nSPS) is 12.3. The van der Waals surface area contributed by atoms with Crippen LogP contribution in [0.3, 0.4) is 0 Å². The monoisotopic (exact) mass is 278 g/mol. The molecule has 1 aromatic heterocycles. The Bertz CT molecular complexity index is 652. The number of amides is 1. The second kappa shape index (κ2) is 5.66. The Morgan fingerprint density at radius 3 is 2.80 bits per heavy atom. The van der Waals surface area contributed by atoms with Gasteiger partial charge in [-0.2, -0.15) is 0 Å². The van der Waals surface area contributed by atoms with Crippen molar-refractivity contribution in [3.63, 3.8) is 0 Å². The van der Waals surface area contributed by atoms with Crippen molar-refractivity contribution in [2.24, 2.45) is 0 Å². The molecule has 8 heteroatoms. The van der Waals surface area contributed by atoms with Gasteiger partial charge in [0.05, 0.1) is 12.1 Å². The average Bonchev–Trinajstić information content (AvgIpc) is 2.86. The van der Waals surface area contributed by atoms with Gasteiger partial charge in [-0.05, 0) is 25.1 Å². The van der Waals surface area contributed by atoms with E-state index in [4.69, 9.17) is 10.2 Å². The maximum atomic E-state index is 11.9. The van der Waals surface area contributed by atoms with Crippen molar-refractivity contribution in [3.8, 4) is 0 Å². The Hall–Kier alpha value is -2.48. The first-order valence-corrected chi connectivity index (χ1v) is 6.04. The number of aliphatic hydroxyl groups is 1. The van der Waals surface area contributed by atoms with E-state index < -0.39 is 24.5 Å². The Morgan fingerprint density at radius 2 is 2.20 bits per heavy atom. The number of hydrogen-bond acceptors (Lipinski definition) is 5. The van der Waals surface area contributed by atoms with Gasteiger partial charge in [0.15, 0.2) is 6.04 Å². The zero-order chi connectivity index (χ0) is 14.7. The zero-order valence-electron chi connectivity index (χ0n) is 10.8. The van der Waals surface area contributed by atoms with Crippen molar-refractivity contribution in [2.75, 3.05) is 6.61 Å². The van der Waals surface area contributed by atoms with E-state index in [1.807, 2.05) is 6.92 Å². The van der Waals surface area contributed by atoms with Crippen molar-refractivity contribution in [1.82, 2.24) is 20.3 Å². The van der Waals surface area contributed by atoms with Crippen molar-refractivity contribution < 1.29 is 19.8 Å². The molecule has 106 valence electrons. The Labute approximate surface area is 114 Å². The minimum absolute atomic E-state index is 0.264. The number of aromatic nitrogens is 3. The molecule has 0 aliphatic heterocycles. The molecule has 0 fully saturated rings. The summed E-state index contributed by atoms with van der Waals surface area (Å²) in [7, 11) is 0. The molecule has 1 aromatic carbocycles. The number of aryl methyl sites for hydroxylation is 1. The molecule has 2 rings (SSSR count). The number of benzene rings is 1. The van der Waals surface area contributed by atoms with E-state index in [1.54, 1.807) is 16.8 Å². The van der Waals surface area contributed by atoms with Gasteiger partial charge >= 0.3 is 5.97 Å². The molecule has 1 heterocycles. The van der Waals surface area contributed by atoms with Crippen molar-refractivity contribution in [3.05, 3.63) is 23.8 Å². The van der Waals surface area contributed by atoms with Crippen LogP contribution in [-0.2, 0) is 11.3 Å². The summed E-state index contributed by atoms with van der Waals surface area (Å²) in [4.78, 5) is 22.6. The first-order chi connectivity index (χ1) is 9.56. The van der Waals surface area contributed by atoms with E-state index in [0.717, 1.165) is 5.52 Å². The molecule has 0 bridgehead atoms. The van der Waals surface area contributed by atoms with Crippen molar-refractivity contribution in [1.29, 1.82) is 0 Å². The zero-order valence-corrected chi connectivity index (χ0v) is 10.8. The summed E-state index contributed by atoms with van der Waals surface area (Å²) in [5.41, 5.74) is 1.61. The summed E-state index contributed by atoms with van der Waals surface area (Å²) >= 11 is 0.